The highest BCUT2D eigenvalue weighted by molar-refractivity contribution is 5.78. The molecule has 0 aromatic carbocycles. The number of carbonyl (C=O) groups excluding carboxylic acids is 1. The molecule has 0 heterocycles. The fraction of sp³-hybridized carbons (Fsp3) is 0.818. The molecule has 0 aromatic heterocycles. The fourth-order valence-corrected chi connectivity index (χ4v) is 1.10. The van der Waals surface area contributed by atoms with Crippen LogP contribution in [-0.2, 0) is 9.53 Å². The molecule has 0 N–H and O–H groups in total. The Hall–Kier alpha value is -0.530. The summed E-state index contributed by atoms with van der Waals surface area (Å²) < 4.78 is 4.97. The number of ether oxygens (including phenoxy) is 1. The van der Waals surface area contributed by atoms with E-state index < -0.39 is 0 Å². The number of rotatable bonds is 8. The Kier molecular flexibility index (Phi) is 9.17. The van der Waals surface area contributed by atoms with Crippen molar-refractivity contribution in [2.24, 2.45) is 0 Å². The van der Waals surface area contributed by atoms with Gasteiger partial charge in [0.05, 0.1) is 13.0 Å². The van der Waals surface area contributed by atoms with Gasteiger partial charge in [-0.3, -0.25) is 4.79 Å². The third-order valence-corrected chi connectivity index (χ3v) is 1.86. The van der Waals surface area contributed by atoms with E-state index >= 15 is 0 Å². The van der Waals surface area contributed by atoms with Crippen molar-refractivity contribution in [1.29, 1.82) is 0 Å². The molecule has 0 unspecified atom stereocenters. The molecule has 0 saturated carbocycles. The zero-order valence-electron chi connectivity index (χ0n) is 8.84. The van der Waals surface area contributed by atoms with Crippen LogP contribution in [0.15, 0.2) is 0 Å². The van der Waals surface area contributed by atoms with E-state index in [1.54, 1.807) is 6.42 Å². The summed E-state index contributed by atoms with van der Waals surface area (Å²) in [7, 11) is 0. The molecule has 0 atom stereocenters. The molecule has 13 heavy (non-hydrogen) atoms. The maximum absolute atomic E-state index is 10.9. The van der Waals surface area contributed by atoms with Crippen LogP contribution < -0.4 is 0 Å². The van der Waals surface area contributed by atoms with E-state index in [1.165, 1.54) is 25.7 Å². The summed E-state index contributed by atoms with van der Waals surface area (Å²) in [6.07, 6.45) is 8.31. The summed E-state index contributed by atoms with van der Waals surface area (Å²) in [4.78, 5) is 10.9. The van der Waals surface area contributed by atoms with E-state index in [0.717, 1.165) is 12.8 Å². The third kappa shape index (κ3) is 9.38. The number of unbranched alkanes of at least 4 members (excludes halogenated alkanes) is 4. The van der Waals surface area contributed by atoms with Crippen LogP contribution in [0.2, 0.25) is 0 Å². The van der Waals surface area contributed by atoms with Gasteiger partial charge in [-0.2, -0.15) is 0 Å². The first-order valence-corrected chi connectivity index (χ1v) is 5.31. The van der Waals surface area contributed by atoms with Gasteiger partial charge in [-0.05, 0) is 12.8 Å². The van der Waals surface area contributed by atoms with E-state index in [1.807, 2.05) is 6.92 Å². The molecule has 2 nitrogen and oxygen atoms in total. The van der Waals surface area contributed by atoms with Gasteiger partial charge < -0.3 is 4.74 Å². The van der Waals surface area contributed by atoms with E-state index in [2.05, 4.69) is 6.92 Å². The Bertz CT molecular complexity index is 121. The molecule has 0 fully saturated rings. The predicted octanol–water partition coefficient (Wildman–Crippen LogP) is 3.11. The molecule has 0 aromatic rings. The van der Waals surface area contributed by atoms with Crippen LogP contribution in [-0.4, -0.2) is 12.6 Å². The molecule has 2 heteroatoms. The zero-order valence-corrected chi connectivity index (χ0v) is 8.84. The van der Waals surface area contributed by atoms with Crippen LogP contribution in [0.4, 0.5) is 0 Å². The number of hydrogen-bond acceptors (Lipinski definition) is 2. The molecular weight excluding hydrogens is 164 g/mol. The molecule has 77 valence electrons. The summed E-state index contributed by atoms with van der Waals surface area (Å²) in [5, 5.41) is 0. The Morgan fingerprint density at radius 3 is 2.46 bits per heavy atom. The van der Waals surface area contributed by atoms with E-state index in [0.29, 0.717) is 6.61 Å². The average Bonchev–Trinajstić information content (AvgIpc) is 2.11. The number of esters is 1. The van der Waals surface area contributed by atoms with Gasteiger partial charge in [-0.1, -0.05) is 39.5 Å². The van der Waals surface area contributed by atoms with Gasteiger partial charge in [0.1, 0.15) is 0 Å². The second kappa shape index (κ2) is 9.56. The topological polar surface area (TPSA) is 26.3 Å². The van der Waals surface area contributed by atoms with Crippen molar-refractivity contribution in [3.8, 4) is 0 Å². The number of carbonyl (C=O) groups is 1. The molecule has 0 bridgehead atoms. The fourth-order valence-electron chi connectivity index (χ4n) is 1.10. The minimum Gasteiger partial charge on any atom is -0.465 e. The Morgan fingerprint density at radius 1 is 1.15 bits per heavy atom. The summed E-state index contributed by atoms with van der Waals surface area (Å²) in [6, 6.07) is 0. The zero-order chi connectivity index (χ0) is 9.94. The highest BCUT2D eigenvalue weighted by Crippen LogP contribution is 2.02. The molecule has 1 radical (unpaired) electrons. The maximum Gasteiger partial charge on any atom is 0.309 e. The van der Waals surface area contributed by atoms with Crippen LogP contribution in [0.5, 0.6) is 0 Å². The second-order valence-electron chi connectivity index (χ2n) is 3.19. The van der Waals surface area contributed by atoms with Crippen molar-refractivity contribution in [3.63, 3.8) is 0 Å². The molecule has 0 aliphatic carbocycles. The quantitative estimate of drug-likeness (QED) is 0.429. The van der Waals surface area contributed by atoms with Gasteiger partial charge in [0, 0.05) is 0 Å². The lowest BCUT2D eigenvalue weighted by atomic mass is 10.2. The third-order valence-electron chi connectivity index (χ3n) is 1.86. The monoisotopic (exact) mass is 185 g/mol. The Morgan fingerprint density at radius 2 is 1.85 bits per heavy atom. The van der Waals surface area contributed by atoms with Crippen molar-refractivity contribution >= 4 is 5.97 Å². The highest BCUT2D eigenvalue weighted by atomic mass is 16.5. The van der Waals surface area contributed by atoms with Gasteiger partial charge in [-0.25, -0.2) is 0 Å². The smallest absolute Gasteiger partial charge is 0.309 e. The minimum absolute atomic E-state index is 0.169. The number of hydrogen-bond donors (Lipinski definition) is 0. The molecule has 0 spiro atoms. The minimum atomic E-state index is -0.169. The van der Waals surface area contributed by atoms with Gasteiger partial charge in [0.15, 0.2) is 0 Å². The molecule has 0 aliphatic heterocycles. The van der Waals surface area contributed by atoms with Crippen molar-refractivity contribution in [2.75, 3.05) is 6.61 Å². The normalized spacial score (nSPS) is 10.0. The predicted molar refractivity (Wildman–Crippen MR) is 54.3 cm³/mol. The van der Waals surface area contributed by atoms with Crippen LogP contribution in [0.25, 0.3) is 0 Å². The van der Waals surface area contributed by atoms with Crippen molar-refractivity contribution in [1.82, 2.24) is 0 Å². The first-order chi connectivity index (χ1) is 6.31. The largest absolute Gasteiger partial charge is 0.465 e. The summed E-state index contributed by atoms with van der Waals surface area (Å²) >= 11 is 0. The molecule has 0 saturated heterocycles. The van der Waals surface area contributed by atoms with E-state index in [-0.39, 0.29) is 5.97 Å². The van der Waals surface area contributed by atoms with Crippen LogP contribution in [0.1, 0.15) is 52.4 Å². The van der Waals surface area contributed by atoms with Gasteiger partial charge in [0.2, 0.25) is 0 Å². The Labute approximate surface area is 81.7 Å². The average molecular weight is 185 g/mol. The van der Waals surface area contributed by atoms with Crippen LogP contribution in [0.3, 0.4) is 0 Å². The van der Waals surface area contributed by atoms with Crippen molar-refractivity contribution in [3.05, 3.63) is 6.42 Å². The summed E-state index contributed by atoms with van der Waals surface area (Å²) in [6.45, 7) is 4.71. The molecule has 0 aliphatic rings. The van der Waals surface area contributed by atoms with Gasteiger partial charge >= 0.3 is 5.97 Å². The molecule has 0 rings (SSSR count). The van der Waals surface area contributed by atoms with Crippen LogP contribution in [0, 0.1) is 6.42 Å². The van der Waals surface area contributed by atoms with Crippen LogP contribution >= 0.6 is 0 Å². The lowest BCUT2D eigenvalue weighted by Crippen LogP contribution is -2.05. The standard InChI is InChI=1S/C11H21O2/c1-3-5-6-7-8-10-13-11(12)9-4-2/h9H,3-8,10H2,1-2H3. The SMILES string of the molecule is CC[CH]C(=O)OCCCCCCC. The Balaban J connectivity index is 3.02. The maximum atomic E-state index is 10.9. The van der Waals surface area contributed by atoms with Gasteiger partial charge in [-0.15, -0.1) is 0 Å². The lowest BCUT2D eigenvalue weighted by molar-refractivity contribution is -0.139. The summed E-state index contributed by atoms with van der Waals surface area (Å²) in [5.41, 5.74) is 0. The first kappa shape index (κ1) is 12.5. The lowest BCUT2D eigenvalue weighted by Gasteiger charge is -2.02. The van der Waals surface area contributed by atoms with Gasteiger partial charge in [0.25, 0.3) is 0 Å². The van der Waals surface area contributed by atoms with Crippen molar-refractivity contribution < 1.29 is 9.53 Å². The molecule has 0 amide bonds. The molecular formula is C11H21O2. The highest BCUT2D eigenvalue weighted by Gasteiger charge is 1.99. The summed E-state index contributed by atoms with van der Waals surface area (Å²) in [5.74, 6) is -0.169. The van der Waals surface area contributed by atoms with E-state index in [9.17, 15) is 4.79 Å². The van der Waals surface area contributed by atoms with E-state index in [4.69, 9.17) is 4.74 Å². The second-order valence-corrected chi connectivity index (χ2v) is 3.19. The first-order valence-electron chi connectivity index (χ1n) is 5.31. The van der Waals surface area contributed by atoms with Crippen molar-refractivity contribution in [2.45, 2.75) is 52.4 Å².